The second kappa shape index (κ2) is 8.23. The molecule has 4 rings (SSSR count). The number of aromatic nitrogens is 3. The van der Waals surface area contributed by atoms with Crippen LogP contribution in [0.5, 0.6) is 0 Å². The molecule has 0 aliphatic carbocycles. The fourth-order valence-electron chi connectivity index (χ4n) is 3.15. The molecule has 0 aliphatic rings. The minimum absolute atomic E-state index is 0.00297. The Labute approximate surface area is 168 Å². The molecule has 0 atom stereocenters. The lowest BCUT2D eigenvalue weighted by molar-refractivity contribution is -0.121. The van der Waals surface area contributed by atoms with Crippen molar-refractivity contribution in [3.63, 3.8) is 0 Å². The third kappa shape index (κ3) is 4.05. The Morgan fingerprint density at radius 2 is 1.93 bits per heavy atom. The number of carbonyl (C=O) groups is 1. The van der Waals surface area contributed by atoms with Gasteiger partial charge in [0.25, 0.3) is 0 Å². The molecule has 140 valence electrons. The Morgan fingerprint density at radius 3 is 2.71 bits per heavy atom. The third-order valence-electron chi connectivity index (χ3n) is 4.55. The maximum Gasteiger partial charge on any atom is 0.220 e. The van der Waals surface area contributed by atoms with E-state index in [4.69, 9.17) is 16.6 Å². The first-order chi connectivity index (χ1) is 13.7. The molecule has 3 heterocycles. The van der Waals surface area contributed by atoms with E-state index in [0.717, 1.165) is 28.2 Å². The molecule has 0 unspecified atom stereocenters. The highest BCUT2D eigenvalue weighted by molar-refractivity contribution is 6.30. The average Bonchev–Trinajstić information content (AvgIpc) is 3.10. The number of pyridine rings is 2. The first-order valence-electron chi connectivity index (χ1n) is 9.08. The van der Waals surface area contributed by atoms with Gasteiger partial charge in [-0.2, -0.15) is 0 Å². The summed E-state index contributed by atoms with van der Waals surface area (Å²) in [6.07, 6.45) is 6.41. The number of imidazole rings is 1. The number of aryl methyl sites for hydroxylation is 1. The number of amides is 1. The zero-order valence-electron chi connectivity index (χ0n) is 15.2. The van der Waals surface area contributed by atoms with Crippen molar-refractivity contribution in [3.8, 4) is 11.3 Å². The molecule has 0 fully saturated rings. The van der Waals surface area contributed by atoms with Crippen molar-refractivity contribution in [2.45, 2.75) is 19.4 Å². The van der Waals surface area contributed by atoms with Crippen LogP contribution in [-0.4, -0.2) is 20.3 Å². The number of carbonyl (C=O) groups excluding carboxylic acids is 1. The maximum atomic E-state index is 12.4. The summed E-state index contributed by atoms with van der Waals surface area (Å²) in [6, 6.07) is 17.3. The van der Waals surface area contributed by atoms with E-state index >= 15 is 0 Å². The molecule has 3 aromatic heterocycles. The summed E-state index contributed by atoms with van der Waals surface area (Å²) < 4.78 is 2.04. The maximum absolute atomic E-state index is 12.4. The van der Waals surface area contributed by atoms with Gasteiger partial charge in [-0.05, 0) is 42.3 Å². The van der Waals surface area contributed by atoms with Crippen molar-refractivity contribution in [1.29, 1.82) is 0 Å². The first kappa shape index (κ1) is 18.2. The van der Waals surface area contributed by atoms with E-state index in [1.165, 1.54) is 0 Å². The van der Waals surface area contributed by atoms with Crippen LogP contribution < -0.4 is 5.32 Å². The van der Waals surface area contributed by atoms with E-state index in [9.17, 15) is 4.79 Å². The fourth-order valence-corrected chi connectivity index (χ4v) is 3.27. The van der Waals surface area contributed by atoms with Gasteiger partial charge in [0.05, 0.1) is 11.4 Å². The largest absolute Gasteiger partial charge is 0.352 e. The van der Waals surface area contributed by atoms with Crippen molar-refractivity contribution in [2.24, 2.45) is 0 Å². The van der Waals surface area contributed by atoms with E-state index < -0.39 is 0 Å². The zero-order valence-corrected chi connectivity index (χ0v) is 15.9. The molecule has 4 aromatic rings. The van der Waals surface area contributed by atoms with Crippen LogP contribution in [0.1, 0.15) is 17.7 Å². The third-order valence-corrected chi connectivity index (χ3v) is 4.80. The van der Waals surface area contributed by atoms with Crippen LogP contribution in [0.25, 0.3) is 16.9 Å². The Kier molecular flexibility index (Phi) is 5.35. The van der Waals surface area contributed by atoms with Gasteiger partial charge in [-0.3, -0.25) is 9.78 Å². The van der Waals surface area contributed by atoms with Crippen molar-refractivity contribution >= 4 is 23.2 Å². The molecular weight excluding hydrogens is 372 g/mol. The molecule has 0 saturated carbocycles. The molecule has 1 N–H and O–H groups in total. The summed E-state index contributed by atoms with van der Waals surface area (Å²) in [6.45, 7) is 0.476. The fraction of sp³-hybridized carbons (Fsp3) is 0.136. The summed E-state index contributed by atoms with van der Waals surface area (Å²) in [5.74, 6) is -0.00297. The summed E-state index contributed by atoms with van der Waals surface area (Å²) in [5, 5.41) is 3.63. The standard InChI is InChI=1S/C22H19ClN4O/c23-18-8-6-17(7-9-18)22-19(27-13-2-1-5-20(27)26-22)10-11-21(28)25-15-16-4-3-12-24-14-16/h1-9,12-14H,10-11,15H2,(H,25,28). The van der Waals surface area contributed by atoms with Gasteiger partial charge < -0.3 is 9.72 Å². The van der Waals surface area contributed by atoms with Crippen molar-refractivity contribution < 1.29 is 4.79 Å². The minimum Gasteiger partial charge on any atom is -0.352 e. The molecule has 28 heavy (non-hydrogen) atoms. The second-order valence-corrected chi connectivity index (χ2v) is 6.92. The van der Waals surface area contributed by atoms with Crippen molar-refractivity contribution in [1.82, 2.24) is 19.7 Å². The molecular formula is C22H19ClN4O. The Balaban J connectivity index is 1.53. The SMILES string of the molecule is O=C(CCc1c(-c2ccc(Cl)cc2)nc2ccccn12)NCc1cccnc1. The van der Waals surface area contributed by atoms with Gasteiger partial charge in [0, 0.05) is 42.1 Å². The molecule has 1 aromatic carbocycles. The highest BCUT2D eigenvalue weighted by atomic mass is 35.5. The topological polar surface area (TPSA) is 59.3 Å². The molecule has 0 spiro atoms. The average molecular weight is 391 g/mol. The van der Waals surface area contributed by atoms with Crippen LogP contribution in [-0.2, 0) is 17.8 Å². The van der Waals surface area contributed by atoms with Gasteiger partial charge >= 0.3 is 0 Å². The van der Waals surface area contributed by atoms with E-state index in [1.54, 1.807) is 12.4 Å². The summed E-state index contributed by atoms with van der Waals surface area (Å²) in [4.78, 5) is 21.2. The lowest BCUT2D eigenvalue weighted by atomic mass is 10.1. The van der Waals surface area contributed by atoms with Crippen LogP contribution >= 0.6 is 11.6 Å². The molecule has 0 bridgehead atoms. The van der Waals surface area contributed by atoms with Crippen molar-refractivity contribution in [2.75, 3.05) is 0 Å². The summed E-state index contributed by atoms with van der Waals surface area (Å²) in [7, 11) is 0. The Hall–Kier alpha value is -3.18. The normalized spacial score (nSPS) is 10.9. The molecule has 1 amide bonds. The van der Waals surface area contributed by atoms with Gasteiger partial charge in [-0.1, -0.05) is 35.9 Å². The van der Waals surface area contributed by atoms with Crippen LogP contribution in [0, 0.1) is 0 Å². The predicted molar refractivity (Wildman–Crippen MR) is 110 cm³/mol. The zero-order chi connectivity index (χ0) is 19.3. The number of nitrogens with zero attached hydrogens (tertiary/aromatic N) is 3. The van der Waals surface area contributed by atoms with Gasteiger partial charge in [-0.15, -0.1) is 0 Å². The van der Waals surface area contributed by atoms with Crippen LogP contribution in [0.2, 0.25) is 5.02 Å². The first-order valence-corrected chi connectivity index (χ1v) is 9.46. The molecule has 0 aliphatic heterocycles. The molecule has 0 radical (unpaired) electrons. The molecule has 5 nitrogen and oxygen atoms in total. The van der Waals surface area contributed by atoms with Crippen LogP contribution in [0.4, 0.5) is 0 Å². The minimum atomic E-state index is -0.00297. The van der Waals surface area contributed by atoms with E-state index in [1.807, 2.05) is 65.2 Å². The van der Waals surface area contributed by atoms with Gasteiger partial charge in [0.15, 0.2) is 0 Å². The van der Waals surface area contributed by atoms with Gasteiger partial charge in [0.1, 0.15) is 5.65 Å². The highest BCUT2D eigenvalue weighted by Gasteiger charge is 2.15. The lowest BCUT2D eigenvalue weighted by Gasteiger charge is -2.07. The van der Waals surface area contributed by atoms with E-state index in [0.29, 0.717) is 24.4 Å². The number of benzene rings is 1. The number of halogens is 1. The summed E-state index contributed by atoms with van der Waals surface area (Å²) in [5.41, 5.74) is 4.71. The number of fused-ring (bicyclic) bond motifs is 1. The van der Waals surface area contributed by atoms with Crippen LogP contribution in [0.15, 0.2) is 73.2 Å². The number of nitrogens with one attached hydrogen (secondary N) is 1. The quantitative estimate of drug-likeness (QED) is 0.534. The Bertz CT molecular complexity index is 1090. The van der Waals surface area contributed by atoms with Crippen molar-refractivity contribution in [3.05, 3.63) is 89.5 Å². The second-order valence-electron chi connectivity index (χ2n) is 6.48. The van der Waals surface area contributed by atoms with E-state index in [-0.39, 0.29) is 5.91 Å². The van der Waals surface area contributed by atoms with Crippen LogP contribution in [0.3, 0.4) is 0 Å². The molecule has 0 saturated heterocycles. The highest BCUT2D eigenvalue weighted by Crippen LogP contribution is 2.26. The predicted octanol–water partition coefficient (Wildman–Crippen LogP) is 4.30. The molecule has 6 heteroatoms. The van der Waals surface area contributed by atoms with E-state index in [2.05, 4.69) is 10.3 Å². The van der Waals surface area contributed by atoms with Gasteiger partial charge in [-0.25, -0.2) is 4.98 Å². The Morgan fingerprint density at radius 1 is 1.07 bits per heavy atom. The van der Waals surface area contributed by atoms with Gasteiger partial charge in [0.2, 0.25) is 5.91 Å². The number of rotatable bonds is 6. The number of hydrogen-bond donors (Lipinski definition) is 1. The number of hydrogen-bond acceptors (Lipinski definition) is 3. The summed E-state index contributed by atoms with van der Waals surface area (Å²) >= 11 is 6.02. The lowest BCUT2D eigenvalue weighted by Crippen LogP contribution is -2.23. The smallest absolute Gasteiger partial charge is 0.220 e. The monoisotopic (exact) mass is 390 g/mol.